The number of hydrogen-bond donors (Lipinski definition) is 10. The lowest BCUT2D eigenvalue weighted by molar-refractivity contribution is -0.133. The monoisotopic (exact) mass is 1440 g/mol. The first-order valence-corrected chi connectivity index (χ1v) is 35.6. The highest BCUT2D eigenvalue weighted by Gasteiger charge is 2.27. The van der Waals surface area contributed by atoms with Crippen LogP contribution in [0, 0.1) is 30.1 Å². The molecule has 1 aliphatic carbocycles. The van der Waals surface area contributed by atoms with E-state index < -0.39 is 12.2 Å². The summed E-state index contributed by atoms with van der Waals surface area (Å²) in [6, 6.07) is 1.40. The summed E-state index contributed by atoms with van der Waals surface area (Å²) in [5.41, 5.74) is 0. The second-order valence-electron chi connectivity index (χ2n) is 22.8. The number of nitrogens with one attached hydrogen (secondary N) is 5. The number of hydrogen-bond acceptors (Lipinski definition) is 24. The van der Waals surface area contributed by atoms with Gasteiger partial charge in [0.2, 0.25) is 63.4 Å². The molecule has 5 fully saturated rings. The molecule has 4 saturated heterocycles. The van der Waals surface area contributed by atoms with E-state index in [2.05, 4.69) is 41.9 Å². The van der Waals surface area contributed by atoms with Crippen molar-refractivity contribution in [1.29, 1.82) is 5.26 Å². The highest BCUT2D eigenvalue weighted by molar-refractivity contribution is 8.14. The largest absolute Gasteiger partial charge is 0.395 e. The van der Waals surface area contributed by atoms with Crippen LogP contribution in [0.2, 0.25) is 0 Å². The van der Waals surface area contributed by atoms with Crippen LogP contribution >= 0.6 is 35.3 Å². The number of tetrazole rings is 1. The van der Waals surface area contributed by atoms with Gasteiger partial charge < -0.3 is 76.0 Å². The van der Waals surface area contributed by atoms with Crippen LogP contribution in [0.25, 0.3) is 0 Å². The fourth-order valence-electron chi connectivity index (χ4n) is 7.68. The Morgan fingerprint density at radius 3 is 1.31 bits per heavy atom. The fourth-order valence-corrected chi connectivity index (χ4v) is 10.4. The summed E-state index contributed by atoms with van der Waals surface area (Å²) >= 11 is 4.51. The van der Waals surface area contributed by atoms with E-state index in [9.17, 15) is 52.7 Å². The number of morpholine rings is 1. The van der Waals surface area contributed by atoms with E-state index in [4.69, 9.17) is 35.5 Å². The smallest absolute Gasteiger partial charge is 0.219 e. The number of rotatable bonds is 18. The van der Waals surface area contributed by atoms with Crippen molar-refractivity contribution in [2.24, 2.45) is 11.8 Å². The quantitative estimate of drug-likeness (QED) is 0.0996. The number of aromatic nitrogens is 4. The van der Waals surface area contributed by atoms with Gasteiger partial charge in [0.25, 0.3) is 0 Å². The second kappa shape index (κ2) is 63.4. The van der Waals surface area contributed by atoms with Crippen LogP contribution in [0.1, 0.15) is 156 Å². The number of carbonyl (C=O) groups excluding carboxylic acids is 11. The summed E-state index contributed by atoms with van der Waals surface area (Å²) in [7, 11) is 0. The summed E-state index contributed by atoms with van der Waals surface area (Å²) < 4.78 is 5.06. The maximum Gasteiger partial charge on any atom is 0.219 e. The average molecular weight is 1440 g/mol. The van der Waals surface area contributed by atoms with Gasteiger partial charge in [0.1, 0.15) is 0 Å². The zero-order chi connectivity index (χ0) is 75.6. The minimum atomic E-state index is -0.548. The van der Waals surface area contributed by atoms with Crippen LogP contribution in [0.4, 0.5) is 0 Å². The number of aliphatic hydroxyl groups excluding tert-OH is 5. The van der Waals surface area contributed by atoms with Crippen LogP contribution in [-0.2, 0) is 57.5 Å². The molecule has 34 heteroatoms. The summed E-state index contributed by atoms with van der Waals surface area (Å²) in [6.07, 6.45) is 4.02. The van der Waals surface area contributed by atoms with Gasteiger partial charge in [-0.15, -0.1) is 10.2 Å². The molecule has 0 bridgehead atoms. The van der Waals surface area contributed by atoms with Crippen molar-refractivity contribution in [3.8, 4) is 6.07 Å². The predicted octanol–water partition coefficient (Wildman–Crippen LogP) is 1.54. The molecule has 5 atom stereocenters. The van der Waals surface area contributed by atoms with Gasteiger partial charge in [-0.25, -0.2) is 0 Å². The van der Waals surface area contributed by atoms with Gasteiger partial charge >= 0.3 is 0 Å². The van der Waals surface area contributed by atoms with Crippen molar-refractivity contribution >= 4 is 98.7 Å². The molecule has 1 aromatic heterocycles. The Balaban J connectivity index is -0.000000322. The van der Waals surface area contributed by atoms with E-state index in [1.165, 1.54) is 89.7 Å². The first-order chi connectivity index (χ1) is 45.4. The average Bonchev–Trinajstić information content (AvgIpc) is 3.10. The summed E-state index contributed by atoms with van der Waals surface area (Å²) in [5.74, 6) is 5.71. The van der Waals surface area contributed by atoms with Crippen LogP contribution in [0.5, 0.6) is 0 Å². The summed E-state index contributed by atoms with van der Waals surface area (Å²) in [5, 5.41) is 74.6. The van der Waals surface area contributed by atoms with Crippen molar-refractivity contribution < 1.29 is 83.0 Å². The molecule has 0 aromatic carbocycles. The molecule has 562 valence electrons. The molecule has 10 N–H and O–H groups in total. The van der Waals surface area contributed by atoms with Crippen LogP contribution in [-0.4, -0.2) is 292 Å². The fraction of sp³-hybridized carbons (Fsp3) is 0.794. The number of nitrogens with zero attached hydrogens (tertiary/aromatic N) is 9. The number of nitriles is 1. The van der Waals surface area contributed by atoms with Crippen molar-refractivity contribution in [1.82, 2.24) is 66.4 Å². The van der Waals surface area contributed by atoms with Crippen molar-refractivity contribution in [2.45, 2.75) is 193 Å². The maximum absolute atomic E-state index is 10.9. The molecule has 6 rings (SSSR count). The Labute approximate surface area is 588 Å². The highest BCUT2D eigenvalue weighted by Crippen LogP contribution is 2.27. The molecule has 1 saturated carbocycles. The normalized spacial score (nSPS) is 16.2. The maximum atomic E-state index is 10.9. The van der Waals surface area contributed by atoms with E-state index in [-0.39, 0.29) is 126 Å². The van der Waals surface area contributed by atoms with Crippen LogP contribution in [0.3, 0.4) is 0 Å². The van der Waals surface area contributed by atoms with E-state index in [0.29, 0.717) is 32.1 Å². The predicted molar refractivity (Wildman–Crippen MR) is 378 cm³/mol. The molecule has 0 radical (unpaired) electrons. The molecule has 0 spiro atoms. The summed E-state index contributed by atoms with van der Waals surface area (Å²) in [4.78, 5) is 126. The Bertz CT molecular complexity index is 2280. The van der Waals surface area contributed by atoms with Gasteiger partial charge in [0.05, 0.1) is 69.4 Å². The molecule has 5 aliphatic rings. The number of thioether (sulfide) groups is 3. The van der Waals surface area contributed by atoms with Gasteiger partial charge in [-0.1, -0.05) is 49.5 Å². The van der Waals surface area contributed by atoms with Crippen molar-refractivity contribution in [3.05, 3.63) is 5.82 Å². The molecule has 9 amide bonds. The van der Waals surface area contributed by atoms with E-state index in [1.54, 1.807) is 62.3 Å². The second-order valence-corrected chi connectivity index (χ2v) is 26.3. The lowest BCUT2D eigenvalue weighted by atomic mass is 10.1. The lowest BCUT2D eigenvalue weighted by Gasteiger charge is -2.25. The van der Waals surface area contributed by atoms with Gasteiger partial charge in [0.15, 0.2) is 5.82 Å². The summed E-state index contributed by atoms with van der Waals surface area (Å²) in [6.45, 7) is 37.7. The molecule has 5 unspecified atom stereocenters. The third-order valence-corrected chi connectivity index (χ3v) is 15.8. The molecular formula is C63H120N14O17S3. The molecule has 5 heterocycles. The first kappa shape index (κ1) is 99.6. The number of aliphatic hydroxyl groups is 5. The SMILES string of the molecule is CC#N.CC(=O)N(CC(C)O)CC(C)O.CC(=O)N(CCO)C(C)C.CC(=O)N1CCOCC1.CC(=O)N1CCSCC1.CC(=O)NC(CO)C(C)C.CC(=O)NC1CCSC1=O.CC(=O)NC1CCSC1=O.CC(=O)NCC1CC1.CCCN(CCO)C(C)=O.Cc1nn[nH]n1. The third kappa shape index (κ3) is 64.4. The minimum absolute atomic E-state index is 0.0112. The third-order valence-electron chi connectivity index (χ3n) is 12.8. The molecular weight excluding hydrogens is 1320 g/mol. The first-order valence-electron chi connectivity index (χ1n) is 32.5. The van der Waals surface area contributed by atoms with Gasteiger partial charge in [-0.05, 0) is 78.6 Å². The van der Waals surface area contributed by atoms with Crippen LogP contribution in [0.15, 0.2) is 0 Å². The van der Waals surface area contributed by atoms with Gasteiger partial charge in [-0.3, -0.25) is 52.7 Å². The van der Waals surface area contributed by atoms with Gasteiger partial charge in [0, 0.05) is 164 Å². The van der Waals surface area contributed by atoms with Crippen LogP contribution < -0.4 is 21.3 Å². The number of carbonyl (C=O) groups is 11. The lowest BCUT2D eigenvalue weighted by Crippen LogP contribution is -2.39. The number of H-pyrrole nitrogens is 1. The van der Waals surface area contributed by atoms with E-state index >= 15 is 0 Å². The molecule has 1 aromatic rings. The number of aryl methyl sites for hydroxylation is 1. The Hall–Kier alpha value is -6.06. The number of ether oxygens (including phenoxy) is 1. The standard InChI is InChI=1S/C8H17NO3.3C7H15NO2.2C6H9NO2S.C6H11NO2.C6H11NOS.C6H11NO.C2H4N4.C2H3N/c1-6(10)4-9(8(3)12)5-7(2)11;1-6(2)8(4-5-9)7(3)10;1-5(2)7(4-9)8-6(3)10;1-3-4-8(5-6-9)7(2)10;2*1-4(8)7-5-2-3-10-6(5)9;2*1-6(8)7-2-4-9-5-3-7;1-5(8)7-4-6-2-3-6;1-2-3-5-6-4-2;1-2-3/h6-7,10-11H,4-5H2,1-3H3;6,9H,4-5H2,1-3H3;5,7,9H,4H2,1-3H3,(H,8,10);9H,3-6H2,1-2H3;2*5H,2-3H2,1H3,(H,7,8);2*2-5H2,1H3;6H,2-4H2,1H3,(H,7,8);1H3,(H,3,4,5,6);1H3. The molecule has 4 aliphatic heterocycles. The minimum Gasteiger partial charge on any atom is -0.395 e. The zero-order valence-corrected chi connectivity index (χ0v) is 63.4. The Morgan fingerprint density at radius 1 is 0.649 bits per heavy atom. The number of aromatic amines is 1. The molecule has 97 heavy (non-hydrogen) atoms. The zero-order valence-electron chi connectivity index (χ0n) is 61.0. The molecule has 31 nitrogen and oxygen atoms in total. The van der Waals surface area contributed by atoms with Gasteiger partial charge in [-0.2, -0.15) is 22.2 Å². The van der Waals surface area contributed by atoms with E-state index in [1.807, 2.05) is 51.3 Å². The Morgan fingerprint density at radius 2 is 1.09 bits per heavy atom. The van der Waals surface area contributed by atoms with E-state index in [0.717, 1.165) is 87.5 Å². The Kier molecular flexibility index (Phi) is 65.1. The highest BCUT2D eigenvalue weighted by atomic mass is 32.2. The van der Waals surface area contributed by atoms with Crippen molar-refractivity contribution in [3.63, 3.8) is 0 Å². The number of amides is 9. The topological polar surface area (TPSA) is 441 Å². The van der Waals surface area contributed by atoms with Crippen molar-refractivity contribution in [2.75, 3.05) is 121 Å².